The first kappa shape index (κ1) is 9.57. The van der Waals surface area contributed by atoms with Crippen LogP contribution in [0.4, 0.5) is 0 Å². The lowest BCUT2D eigenvalue weighted by atomic mass is 10.3. The zero-order valence-corrected chi connectivity index (χ0v) is 8.04. The van der Waals surface area contributed by atoms with Crippen molar-refractivity contribution in [3.8, 4) is 0 Å². The molecule has 1 saturated heterocycles. The molecule has 0 saturated carbocycles. The van der Waals surface area contributed by atoms with Crippen LogP contribution < -0.4 is 0 Å². The minimum atomic E-state index is -0.636. The van der Waals surface area contributed by atoms with E-state index in [0.717, 1.165) is 5.82 Å². The van der Waals surface area contributed by atoms with Crippen molar-refractivity contribution in [2.75, 3.05) is 13.1 Å². The Morgan fingerprint density at radius 1 is 1.43 bits per heavy atom. The van der Waals surface area contributed by atoms with Crippen LogP contribution in [0.3, 0.4) is 0 Å². The van der Waals surface area contributed by atoms with Gasteiger partial charge >= 0.3 is 0 Å². The van der Waals surface area contributed by atoms with E-state index in [1.54, 1.807) is 4.68 Å². The van der Waals surface area contributed by atoms with Crippen LogP contribution in [-0.2, 0) is 13.6 Å². The van der Waals surface area contributed by atoms with Crippen molar-refractivity contribution in [3.05, 3.63) is 12.2 Å². The van der Waals surface area contributed by atoms with E-state index in [9.17, 15) is 10.2 Å². The van der Waals surface area contributed by atoms with Gasteiger partial charge in [0.15, 0.2) is 0 Å². The van der Waals surface area contributed by atoms with Crippen LogP contribution in [0.1, 0.15) is 5.82 Å². The van der Waals surface area contributed by atoms with Crippen LogP contribution in [0.2, 0.25) is 0 Å². The van der Waals surface area contributed by atoms with E-state index < -0.39 is 12.2 Å². The summed E-state index contributed by atoms with van der Waals surface area (Å²) in [5.41, 5.74) is 0. The third-order valence-corrected chi connectivity index (χ3v) is 2.50. The summed E-state index contributed by atoms with van der Waals surface area (Å²) in [6.07, 6.45) is 0.226. The van der Waals surface area contributed by atoms with Crippen molar-refractivity contribution in [1.29, 1.82) is 0 Å². The van der Waals surface area contributed by atoms with Crippen molar-refractivity contribution in [3.63, 3.8) is 0 Å². The fourth-order valence-electron chi connectivity index (χ4n) is 1.64. The summed E-state index contributed by atoms with van der Waals surface area (Å²) >= 11 is 0. The standard InChI is InChI=1S/C8H14N4O2/c1-11-8(9-5-10-11)4-12-2-6(13)7(14)3-12/h5-7,13-14H,2-4H2,1H3. The van der Waals surface area contributed by atoms with Crippen LogP contribution >= 0.6 is 0 Å². The molecule has 0 radical (unpaired) electrons. The van der Waals surface area contributed by atoms with Gasteiger partial charge in [0.1, 0.15) is 12.2 Å². The number of nitrogens with zero attached hydrogens (tertiary/aromatic N) is 4. The molecule has 2 rings (SSSR count). The van der Waals surface area contributed by atoms with E-state index in [1.165, 1.54) is 6.33 Å². The second kappa shape index (κ2) is 3.64. The number of rotatable bonds is 2. The smallest absolute Gasteiger partial charge is 0.140 e. The highest BCUT2D eigenvalue weighted by molar-refractivity contribution is 4.89. The largest absolute Gasteiger partial charge is 0.389 e. The van der Waals surface area contributed by atoms with E-state index in [0.29, 0.717) is 19.6 Å². The quantitative estimate of drug-likeness (QED) is 0.595. The minimum Gasteiger partial charge on any atom is -0.389 e. The molecule has 0 amide bonds. The fraction of sp³-hybridized carbons (Fsp3) is 0.750. The monoisotopic (exact) mass is 198 g/mol. The fourth-order valence-corrected chi connectivity index (χ4v) is 1.64. The Balaban J connectivity index is 1.97. The number of aromatic nitrogens is 3. The predicted molar refractivity (Wildman–Crippen MR) is 48.3 cm³/mol. The number of aliphatic hydroxyl groups is 2. The molecular formula is C8H14N4O2. The molecule has 1 aromatic heterocycles. The lowest BCUT2D eigenvalue weighted by Crippen LogP contribution is -2.23. The average molecular weight is 198 g/mol. The maximum Gasteiger partial charge on any atom is 0.140 e. The maximum absolute atomic E-state index is 9.33. The summed E-state index contributed by atoms with van der Waals surface area (Å²) in [6.45, 7) is 1.60. The third kappa shape index (κ3) is 1.77. The summed E-state index contributed by atoms with van der Waals surface area (Å²) in [5, 5.41) is 22.6. The van der Waals surface area contributed by atoms with Crippen LogP contribution in [-0.4, -0.2) is 55.2 Å². The number of likely N-dealkylation sites (tertiary alicyclic amines) is 1. The number of hydrogen-bond acceptors (Lipinski definition) is 5. The Morgan fingerprint density at radius 3 is 2.57 bits per heavy atom. The molecule has 6 heteroatoms. The zero-order chi connectivity index (χ0) is 10.1. The zero-order valence-electron chi connectivity index (χ0n) is 8.04. The summed E-state index contributed by atoms with van der Waals surface area (Å²) < 4.78 is 1.69. The molecule has 1 aromatic rings. The molecule has 14 heavy (non-hydrogen) atoms. The number of aryl methyl sites for hydroxylation is 1. The first-order valence-corrected chi connectivity index (χ1v) is 4.58. The van der Waals surface area contributed by atoms with Crippen LogP contribution in [0.5, 0.6) is 0 Å². The van der Waals surface area contributed by atoms with Gasteiger partial charge < -0.3 is 10.2 Å². The molecule has 2 heterocycles. The molecule has 0 aromatic carbocycles. The molecule has 0 aliphatic carbocycles. The van der Waals surface area contributed by atoms with Gasteiger partial charge in [-0.15, -0.1) is 0 Å². The normalized spacial score (nSPS) is 28.5. The molecule has 2 unspecified atom stereocenters. The van der Waals surface area contributed by atoms with Gasteiger partial charge in [-0.1, -0.05) is 0 Å². The molecule has 1 fully saturated rings. The highest BCUT2D eigenvalue weighted by Gasteiger charge is 2.29. The SMILES string of the molecule is Cn1ncnc1CN1CC(O)C(O)C1. The summed E-state index contributed by atoms with van der Waals surface area (Å²) in [6, 6.07) is 0. The van der Waals surface area contributed by atoms with E-state index in [2.05, 4.69) is 10.1 Å². The van der Waals surface area contributed by atoms with E-state index in [1.807, 2.05) is 11.9 Å². The Morgan fingerprint density at radius 2 is 2.07 bits per heavy atom. The van der Waals surface area contributed by atoms with Crippen molar-refractivity contribution in [2.24, 2.45) is 7.05 Å². The van der Waals surface area contributed by atoms with Gasteiger partial charge in [0, 0.05) is 20.1 Å². The van der Waals surface area contributed by atoms with Gasteiger partial charge in [0.25, 0.3) is 0 Å². The third-order valence-electron chi connectivity index (χ3n) is 2.50. The molecule has 0 spiro atoms. The lowest BCUT2D eigenvalue weighted by Gasteiger charge is -2.13. The Labute approximate surface area is 81.8 Å². The van der Waals surface area contributed by atoms with E-state index in [4.69, 9.17) is 0 Å². The maximum atomic E-state index is 9.33. The van der Waals surface area contributed by atoms with Crippen molar-refractivity contribution >= 4 is 0 Å². The van der Waals surface area contributed by atoms with Crippen molar-refractivity contribution < 1.29 is 10.2 Å². The molecule has 2 atom stereocenters. The first-order valence-electron chi connectivity index (χ1n) is 4.58. The van der Waals surface area contributed by atoms with Gasteiger partial charge in [0.2, 0.25) is 0 Å². The van der Waals surface area contributed by atoms with E-state index in [-0.39, 0.29) is 0 Å². The van der Waals surface area contributed by atoms with Crippen LogP contribution in [0.25, 0.3) is 0 Å². The van der Waals surface area contributed by atoms with Gasteiger partial charge in [0.05, 0.1) is 18.8 Å². The molecule has 1 aliphatic heterocycles. The molecular weight excluding hydrogens is 184 g/mol. The van der Waals surface area contributed by atoms with Gasteiger partial charge in [-0.05, 0) is 0 Å². The molecule has 1 aliphatic rings. The van der Waals surface area contributed by atoms with Crippen LogP contribution in [0, 0.1) is 0 Å². The number of aliphatic hydroxyl groups excluding tert-OH is 2. The highest BCUT2D eigenvalue weighted by Crippen LogP contribution is 2.12. The predicted octanol–water partition coefficient (Wildman–Crippen LogP) is -1.65. The number of hydrogen-bond donors (Lipinski definition) is 2. The topological polar surface area (TPSA) is 74.4 Å². The lowest BCUT2D eigenvalue weighted by molar-refractivity contribution is 0.0572. The Bertz CT molecular complexity index is 304. The molecule has 0 bridgehead atoms. The average Bonchev–Trinajstić information content (AvgIpc) is 2.63. The van der Waals surface area contributed by atoms with E-state index >= 15 is 0 Å². The highest BCUT2D eigenvalue weighted by atomic mass is 16.3. The van der Waals surface area contributed by atoms with Gasteiger partial charge in [-0.3, -0.25) is 9.58 Å². The van der Waals surface area contributed by atoms with Gasteiger partial charge in [-0.25, -0.2) is 4.98 Å². The second-order valence-corrected chi connectivity index (χ2v) is 3.63. The summed E-state index contributed by atoms with van der Waals surface area (Å²) in [4.78, 5) is 6.03. The molecule has 6 nitrogen and oxygen atoms in total. The summed E-state index contributed by atoms with van der Waals surface area (Å²) in [5.74, 6) is 0.839. The Hall–Kier alpha value is -0.980. The van der Waals surface area contributed by atoms with Crippen molar-refractivity contribution in [1.82, 2.24) is 19.7 Å². The second-order valence-electron chi connectivity index (χ2n) is 3.63. The van der Waals surface area contributed by atoms with Crippen molar-refractivity contribution in [2.45, 2.75) is 18.8 Å². The number of β-amino-alcohol motifs (C(OH)–C–C–N with tert-alkyl or cyclic N) is 2. The molecule has 2 N–H and O–H groups in total. The minimum absolute atomic E-state index is 0.494. The molecule has 78 valence electrons. The Kier molecular flexibility index (Phi) is 2.49. The summed E-state index contributed by atoms with van der Waals surface area (Å²) in [7, 11) is 1.82. The van der Waals surface area contributed by atoms with Gasteiger partial charge in [-0.2, -0.15) is 5.10 Å². The first-order chi connectivity index (χ1) is 6.66. The van der Waals surface area contributed by atoms with Crippen LogP contribution in [0.15, 0.2) is 6.33 Å².